The number of fused-ring (bicyclic) bond motifs is 1. The van der Waals surface area contributed by atoms with Crippen molar-refractivity contribution in [3.63, 3.8) is 0 Å². The monoisotopic (exact) mass is 357 g/mol. The lowest BCUT2D eigenvalue weighted by atomic mass is 9.95. The number of aryl methyl sites for hydroxylation is 1. The number of thiazole rings is 1. The van der Waals surface area contributed by atoms with E-state index in [1.807, 2.05) is 13.0 Å². The van der Waals surface area contributed by atoms with Gasteiger partial charge in [-0.2, -0.15) is 4.52 Å². The quantitative estimate of drug-likeness (QED) is 0.754. The van der Waals surface area contributed by atoms with Crippen molar-refractivity contribution in [2.45, 2.75) is 39.2 Å². The molecular weight excluding hydrogens is 332 g/mol. The highest BCUT2D eigenvalue weighted by atomic mass is 32.1. The summed E-state index contributed by atoms with van der Waals surface area (Å²) in [4.78, 5) is 7.84. The molecule has 1 fully saturated rings. The van der Waals surface area contributed by atoms with Gasteiger partial charge in [0.15, 0.2) is 11.9 Å². The number of aromatic hydroxyl groups is 1. The minimum Gasteiger partial charge on any atom is -0.492 e. The van der Waals surface area contributed by atoms with E-state index in [1.54, 1.807) is 15.9 Å². The zero-order chi connectivity index (χ0) is 17.4. The normalized spacial score (nSPS) is 22.3. The lowest BCUT2D eigenvalue weighted by molar-refractivity contribution is -0.933. The zero-order valence-corrected chi connectivity index (χ0v) is 15.6. The van der Waals surface area contributed by atoms with E-state index in [-0.39, 0.29) is 11.9 Å². The molecule has 0 spiro atoms. The Labute approximate surface area is 151 Å². The van der Waals surface area contributed by atoms with Gasteiger partial charge in [0.2, 0.25) is 10.8 Å². The Morgan fingerprint density at radius 3 is 2.84 bits per heavy atom. The molecule has 0 saturated carbocycles. The number of quaternary nitrogens is 1. The molecular formula is C19H25N4OS+. The third kappa shape index (κ3) is 3.04. The van der Waals surface area contributed by atoms with Gasteiger partial charge in [0.25, 0.3) is 0 Å². The maximum atomic E-state index is 10.9. The van der Waals surface area contributed by atoms with Crippen molar-refractivity contribution in [1.29, 1.82) is 0 Å². The average Bonchev–Trinajstić information content (AvgIpc) is 3.16. The number of hydrogen-bond donors (Lipinski definition) is 2. The van der Waals surface area contributed by atoms with Crippen LogP contribution in [0.25, 0.3) is 4.96 Å². The number of aromatic nitrogens is 3. The minimum absolute atomic E-state index is 0.141. The van der Waals surface area contributed by atoms with E-state index < -0.39 is 0 Å². The van der Waals surface area contributed by atoms with Crippen molar-refractivity contribution in [1.82, 2.24) is 14.6 Å². The fraction of sp³-hybridized carbons (Fsp3) is 0.474. The number of likely N-dealkylation sites (tertiary alicyclic amines) is 1. The van der Waals surface area contributed by atoms with Gasteiger partial charge in [-0.3, -0.25) is 0 Å². The second kappa shape index (κ2) is 6.77. The second-order valence-electron chi connectivity index (χ2n) is 7.07. The first kappa shape index (κ1) is 16.5. The molecule has 5 nitrogen and oxygen atoms in total. The van der Waals surface area contributed by atoms with Gasteiger partial charge in [-0.15, -0.1) is 5.10 Å². The topological polar surface area (TPSA) is 54.9 Å². The van der Waals surface area contributed by atoms with Crippen LogP contribution in [0.5, 0.6) is 5.88 Å². The van der Waals surface area contributed by atoms with Crippen LogP contribution in [0.1, 0.15) is 49.0 Å². The second-order valence-corrected chi connectivity index (χ2v) is 8.08. The maximum absolute atomic E-state index is 10.9. The summed E-state index contributed by atoms with van der Waals surface area (Å²) in [6.07, 6.45) is 3.31. The van der Waals surface area contributed by atoms with Crippen molar-refractivity contribution >= 4 is 16.3 Å². The van der Waals surface area contributed by atoms with E-state index in [0.717, 1.165) is 35.2 Å². The molecule has 0 amide bonds. The number of rotatable bonds is 4. The van der Waals surface area contributed by atoms with Gasteiger partial charge in [-0.25, -0.2) is 4.98 Å². The number of piperidine rings is 1. The Balaban J connectivity index is 1.80. The Hall–Kier alpha value is -1.92. The highest BCUT2D eigenvalue weighted by Gasteiger charge is 2.35. The zero-order valence-electron chi connectivity index (χ0n) is 14.8. The third-order valence-corrected chi connectivity index (χ3v) is 6.25. The lowest BCUT2D eigenvalue weighted by Crippen LogP contribution is -3.13. The SMILES string of the molecule is CCc1nc2sc([C@H](c3ccccc3)[NH+]3CCC[C@H](C)C3)c(O)n2n1. The van der Waals surface area contributed by atoms with E-state index in [0.29, 0.717) is 5.92 Å². The average molecular weight is 358 g/mol. The Bertz CT molecular complexity index is 857. The van der Waals surface area contributed by atoms with Gasteiger partial charge in [-0.05, 0) is 12.8 Å². The first-order valence-electron chi connectivity index (χ1n) is 9.14. The van der Waals surface area contributed by atoms with Crippen molar-refractivity contribution in [3.8, 4) is 5.88 Å². The van der Waals surface area contributed by atoms with Crippen molar-refractivity contribution < 1.29 is 10.0 Å². The van der Waals surface area contributed by atoms with Gasteiger partial charge >= 0.3 is 0 Å². The van der Waals surface area contributed by atoms with E-state index in [2.05, 4.69) is 41.3 Å². The molecule has 6 heteroatoms. The van der Waals surface area contributed by atoms with E-state index in [9.17, 15) is 5.11 Å². The van der Waals surface area contributed by atoms with E-state index in [1.165, 1.54) is 23.3 Å². The largest absolute Gasteiger partial charge is 0.492 e. The number of nitrogens with one attached hydrogen (secondary N) is 1. The summed E-state index contributed by atoms with van der Waals surface area (Å²) < 4.78 is 1.61. The van der Waals surface area contributed by atoms with Gasteiger partial charge in [0.1, 0.15) is 4.88 Å². The van der Waals surface area contributed by atoms with Crippen LogP contribution in [0.2, 0.25) is 0 Å². The van der Waals surface area contributed by atoms with Crippen LogP contribution in [-0.2, 0) is 6.42 Å². The molecule has 132 valence electrons. The molecule has 2 aromatic heterocycles. The summed E-state index contributed by atoms with van der Waals surface area (Å²) in [7, 11) is 0. The van der Waals surface area contributed by atoms with Gasteiger partial charge in [0, 0.05) is 17.9 Å². The van der Waals surface area contributed by atoms with Crippen LogP contribution in [0.15, 0.2) is 30.3 Å². The van der Waals surface area contributed by atoms with Crippen molar-refractivity contribution in [3.05, 3.63) is 46.6 Å². The van der Waals surface area contributed by atoms with Crippen LogP contribution in [0.3, 0.4) is 0 Å². The van der Waals surface area contributed by atoms with Crippen LogP contribution in [0, 0.1) is 5.92 Å². The number of benzene rings is 1. The summed E-state index contributed by atoms with van der Waals surface area (Å²) in [5, 5.41) is 15.3. The molecule has 3 heterocycles. The molecule has 3 atom stereocenters. The summed E-state index contributed by atoms with van der Waals surface area (Å²) in [6.45, 7) is 6.63. The van der Waals surface area contributed by atoms with Crippen LogP contribution in [0.4, 0.5) is 0 Å². The molecule has 1 aromatic carbocycles. The summed E-state index contributed by atoms with van der Waals surface area (Å²) >= 11 is 1.58. The highest BCUT2D eigenvalue weighted by molar-refractivity contribution is 7.17. The fourth-order valence-electron chi connectivity index (χ4n) is 3.94. The molecule has 25 heavy (non-hydrogen) atoms. The first-order valence-corrected chi connectivity index (χ1v) is 9.95. The van der Waals surface area contributed by atoms with Crippen LogP contribution >= 0.6 is 11.3 Å². The Kier molecular flexibility index (Phi) is 4.48. The molecule has 2 N–H and O–H groups in total. The number of nitrogens with zero attached hydrogens (tertiary/aromatic N) is 3. The lowest BCUT2D eigenvalue weighted by Gasteiger charge is -2.34. The molecule has 0 aliphatic carbocycles. The number of hydrogen-bond acceptors (Lipinski definition) is 4. The van der Waals surface area contributed by atoms with E-state index >= 15 is 0 Å². The van der Waals surface area contributed by atoms with Crippen LogP contribution in [-0.4, -0.2) is 32.8 Å². The fourth-order valence-corrected chi connectivity index (χ4v) is 5.10. The molecule has 3 aromatic rings. The summed E-state index contributed by atoms with van der Waals surface area (Å²) in [5.41, 5.74) is 1.25. The molecule has 4 rings (SSSR count). The van der Waals surface area contributed by atoms with Crippen LogP contribution < -0.4 is 4.90 Å². The molecule has 1 aliphatic heterocycles. The molecule has 0 radical (unpaired) electrons. The van der Waals surface area contributed by atoms with Gasteiger partial charge in [0.05, 0.1) is 13.1 Å². The Morgan fingerprint density at radius 2 is 2.16 bits per heavy atom. The van der Waals surface area contributed by atoms with Crippen molar-refractivity contribution in [2.75, 3.05) is 13.1 Å². The molecule has 0 bridgehead atoms. The predicted molar refractivity (Wildman–Crippen MR) is 99.3 cm³/mol. The minimum atomic E-state index is 0.141. The molecule has 1 saturated heterocycles. The van der Waals surface area contributed by atoms with Gasteiger partial charge in [-0.1, -0.05) is 55.5 Å². The van der Waals surface area contributed by atoms with Gasteiger partial charge < -0.3 is 10.0 Å². The molecule has 1 unspecified atom stereocenters. The highest BCUT2D eigenvalue weighted by Crippen LogP contribution is 2.35. The third-order valence-electron chi connectivity index (χ3n) is 5.17. The standard InChI is InChI=1S/C19H24N4OS/c1-3-15-20-19-23(21-15)18(24)17(25-19)16(14-9-5-4-6-10-14)22-11-7-8-13(2)12-22/h4-6,9-10,13,16,24H,3,7-8,11-12H2,1-2H3/p+1/t13-,16-/m0/s1. The Morgan fingerprint density at radius 1 is 1.36 bits per heavy atom. The molecule has 1 aliphatic rings. The predicted octanol–water partition coefficient (Wildman–Crippen LogP) is 2.46. The smallest absolute Gasteiger partial charge is 0.235 e. The summed E-state index contributed by atoms with van der Waals surface area (Å²) in [5.74, 6) is 1.75. The first-order chi connectivity index (χ1) is 12.2. The summed E-state index contributed by atoms with van der Waals surface area (Å²) in [6, 6.07) is 10.7. The van der Waals surface area contributed by atoms with Crippen molar-refractivity contribution in [2.24, 2.45) is 5.92 Å². The maximum Gasteiger partial charge on any atom is 0.235 e. The van der Waals surface area contributed by atoms with E-state index in [4.69, 9.17) is 0 Å².